The number of aryl methyl sites for hydroxylation is 1. The van der Waals surface area contributed by atoms with Gasteiger partial charge in [0.05, 0.1) is 19.0 Å². The molecule has 0 saturated carbocycles. The van der Waals surface area contributed by atoms with E-state index in [2.05, 4.69) is 20.4 Å². The number of benzene rings is 1. The molecule has 28 heavy (non-hydrogen) atoms. The number of oxazole rings is 1. The summed E-state index contributed by atoms with van der Waals surface area (Å²) in [5.74, 6) is 0.920. The van der Waals surface area contributed by atoms with E-state index in [-0.39, 0.29) is 18.1 Å². The lowest BCUT2D eigenvalue weighted by atomic mass is 10.2. The Kier molecular flexibility index (Phi) is 4.40. The van der Waals surface area contributed by atoms with Gasteiger partial charge in [-0.1, -0.05) is 5.16 Å². The summed E-state index contributed by atoms with van der Waals surface area (Å²) in [5, 5.41) is 16.8. The lowest BCUT2D eigenvalue weighted by Gasteiger charge is -2.03. The Labute approximate surface area is 159 Å². The second kappa shape index (κ2) is 7.03. The minimum absolute atomic E-state index is 0.0239. The van der Waals surface area contributed by atoms with Crippen LogP contribution in [-0.4, -0.2) is 33.2 Å². The van der Waals surface area contributed by atoms with Crippen LogP contribution in [0.4, 0.5) is 0 Å². The first-order valence-electron chi connectivity index (χ1n) is 8.39. The molecule has 3 aromatic heterocycles. The molecule has 0 aliphatic rings. The highest BCUT2D eigenvalue weighted by atomic mass is 16.5. The maximum absolute atomic E-state index is 12.4. The highest BCUT2D eigenvalue weighted by molar-refractivity contribution is 6.02. The van der Waals surface area contributed by atoms with Gasteiger partial charge >= 0.3 is 0 Å². The van der Waals surface area contributed by atoms with Crippen LogP contribution in [-0.2, 0) is 6.54 Å². The fourth-order valence-electron chi connectivity index (χ4n) is 2.72. The summed E-state index contributed by atoms with van der Waals surface area (Å²) in [5.41, 5.74) is 1.58. The Bertz CT molecular complexity index is 1160. The van der Waals surface area contributed by atoms with Gasteiger partial charge < -0.3 is 24.1 Å². The summed E-state index contributed by atoms with van der Waals surface area (Å²) in [4.78, 5) is 20.9. The van der Waals surface area contributed by atoms with E-state index < -0.39 is 5.91 Å². The number of methoxy groups -OCH3 is 1. The Balaban J connectivity index is 1.52. The number of phenolic OH excluding ortho intramolecular Hbond substituents is 1. The Morgan fingerprint density at radius 1 is 1.32 bits per heavy atom. The average molecular weight is 380 g/mol. The van der Waals surface area contributed by atoms with Gasteiger partial charge in [-0.25, -0.2) is 9.97 Å². The number of fused-ring (bicyclic) bond motifs is 1. The lowest BCUT2D eigenvalue weighted by molar-refractivity contribution is 0.0916. The van der Waals surface area contributed by atoms with Crippen LogP contribution in [0.2, 0.25) is 0 Å². The second-order valence-electron chi connectivity index (χ2n) is 5.98. The first kappa shape index (κ1) is 17.5. The molecule has 1 aromatic carbocycles. The van der Waals surface area contributed by atoms with Crippen LogP contribution in [0, 0.1) is 6.92 Å². The molecule has 0 unspecified atom stereocenters. The average Bonchev–Trinajstić information content (AvgIpc) is 3.30. The lowest BCUT2D eigenvalue weighted by Crippen LogP contribution is -2.23. The third kappa shape index (κ3) is 3.13. The van der Waals surface area contributed by atoms with Gasteiger partial charge in [-0.15, -0.1) is 0 Å². The van der Waals surface area contributed by atoms with Gasteiger partial charge in [0.1, 0.15) is 11.5 Å². The summed E-state index contributed by atoms with van der Waals surface area (Å²) >= 11 is 0. The number of amides is 1. The van der Waals surface area contributed by atoms with E-state index >= 15 is 0 Å². The van der Waals surface area contributed by atoms with E-state index in [1.54, 1.807) is 37.4 Å². The zero-order valence-corrected chi connectivity index (χ0v) is 15.1. The van der Waals surface area contributed by atoms with Crippen molar-refractivity contribution in [3.05, 3.63) is 53.7 Å². The fourth-order valence-corrected chi connectivity index (χ4v) is 2.72. The molecule has 0 saturated heterocycles. The first-order chi connectivity index (χ1) is 13.6. The molecule has 2 N–H and O–H groups in total. The molecule has 0 aliphatic carbocycles. The number of aromatic hydroxyl groups is 1. The van der Waals surface area contributed by atoms with Crippen LogP contribution < -0.4 is 10.1 Å². The summed E-state index contributed by atoms with van der Waals surface area (Å²) in [6, 6.07) is 8.20. The van der Waals surface area contributed by atoms with Crippen LogP contribution in [0.3, 0.4) is 0 Å². The van der Waals surface area contributed by atoms with Crippen LogP contribution in [0.15, 0.2) is 45.5 Å². The van der Waals surface area contributed by atoms with Gasteiger partial charge in [-0.05, 0) is 37.3 Å². The number of hydrogen-bond acceptors (Lipinski definition) is 8. The number of phenols is 1. The Hall–Kier alpha value is -3.88. The van der Waals surface area contributed by atoms with Gasteiger partial charge in [-0.2, -0.15) is 0 Å². The van der Waals surface area contributed by atoms with Crippen LogP contribution in [0.25, 0.3) is 22.5 Å². The van der Waals surface area contributed by atoms with E-state index in [0.717, 1.165) is 0 Å². The summed E-state index contributed by atoms with van der Waals surface area (Å²) in [6.07, 6.45) is 1.57. The predicted octanol–water partition coefficient (Wildman–Crippen LogP) is 2.83. The van der Waals surface area contributed by atoms with Crippen molar-refractivity contribution < 1.29 is 23.6 Å². The van der Waals surface area contributed by atoms with Gasteiger partial charge in [0, 0.05) is 11.8 Å². The van der Waals surface area contributed by atoms with Gasteiger partial charge in [0.15, 0.2) is 11.5 Å². The largest absolute Gasteiger partial charge is 0.504 e. The van der Waals surface area contributed by atoms with Gasteiger partial charge in [0.25, 0.3) is 5.91 Å². The number of ether oxygens (including phenoxy) is 1. The second-order valence-corrected chi connectivity index (χ2v) is 5.98. The molecule has 9 heteroatoms. The number of aromatic nitrogens is 3. The maximum Gasteiger partial charge on any atom is 0.290 e. The van der Waals surface area contributed by atoms with Crippen molar-refractivity contribution in [2.24, 2.45) is 0 Å². The maximum atomic E-state index is 12.4. The molecule has 3 heterocycles. The minimum atomic E-state index is -0.425. The van der Waals surface area contributed by atoms with Crippen LogP contribution in [0.1, 0.15) is 22.0 Å². The molecule has 4 rings (SSSR count). The fraction of sp³-hybridized carbons (Fsp3) is 0.158. The first-order valence-corrected chi connectivity index (χ1v) is 8.39. The number of carbonyl (C=O) groups is 1. The SMILES string of the molecule is COc1cc(-c2nc(CNC(=O)c3onc4ncccc34)c(C)o2)ccc1O. The zero-order valence-electron chi connectivity index (χ0n) is 15.1. The highest BCUT2D eigenvalue weighted by Gasteiger charge is 2.19. The van der Waals surface area contributed by atoms with Crippen molar-refractivity contribution >= 4 is 16.9 Å². The zero-order chi connectivity index (χ0) is 19.7. The molecule has 0 radical (unpaired) electrons. The van der Waals surface area contributed by atoms with Crippen molar-refractivity contribution in [3.8, 4) is 23.0 Å². The third-order valence-electron chi connectivity index (χ3n) is 4.20. The Morgan fingerprint density at radius 2 is 2.18 bits per heavy atom. The van der Waals surface area contributed by atoms with Gasteiger partial charge in [0.2, 0.25) is 17.3 Å². The summed E-state index contributed by atoms with van der Waals surface area (Å²) < 4.78 is 15.9. The molecule has 1 amide bonds. The third-order valence-corrected chi connectivity index (χ3v) is 4.20. The predicted molar refractivity (Wildman–Crippen MR) is 97.9 cm³/mol. The van der Waals surface area contributed by atoms with E-state index in [1.807, 2.05) is 0 Å². The Morgan fingerprint density at radius 3 is 3.00 bits per heavy atom. The van der Waals surface area contributed by atoms with E-state index in [4.69, 9.17) is 13.7 Å². The highest BCUT2D eigenvalue weighted by Crippen LogP contribution is 2.31. The summed E-state index contributed by atoms with van der Waals surface area (Å²) in [7, 11) is 1.46. The van der Waals surface area contributed by atoms with Crippen molar-refractivity contribution in [1.82, 2.24) is 20.4 Å². The monoisotopic (exact) mass is 380 g/mol. The molecule has 142 valence electrons. The minimum Gasteiger partial charge on any atom is -0.504 e. The van der Waals surface area contributed by atoms with Crippen molar-refractivity contribution in [2.75, 3.05) is 7.11 Å². The number of rotatable bonds is 5. The van der Waals surface area contributed by atoms with E-state index in [9.17, 15) is 9.90 Å². The molecule has 4 aromatic rings. The molecular formula is C19H16N4O5. The molecular weight excluding hydrogens is 364 g/mol. The quantitative estimate of drug-likeness (QED) is 0.542. The summed E-state index contributed by atoms with van der Waals surface area (Å²) in [6.45, 7) is 1.90. The number of hydrogen-bond donors (Lipinski definition) is 2. The van der Waals surface area contributed by atoms with Crippen LogP contribution in [0.5, 0.6) is 11.5 Å². The molecule has 0 aliphatic heterocycles. The number of nitrogens with one attached hydrogen (secondary N) is 1. The topological polar surface area (TPSA) is 124 Å². The molecule has 0 spiro atoms. The molecule has 9 nitrogen and oxygen atoms in total. The number of pyridine rings is 1. The smallest absolute Gasteiger partial charge is 0.290 e. The van der Waals surface area contributed by atoms with E-state index in [0.29, 0.717) is 39.7 Å². The number of nitrogens with zero attached hydrogens (tertiary/aromatic N) is 3. The number of carbonyl (C=O) groups excluding carboxylic acids is 1. The molecule has 0 fully saturated rings. The standard InChI is InChI=1S/C19H16N4O5/c1-10-13(22-19(27-10)11-5-6-14(24)15(8-11)26-2)9-21-18(25)16-12-4-3-7-20-17(12)23-28-16/h3-8,24H,9H2,1-2H3,(H,21,25). The van der Waals surface area contributed by atoms with Crippen molar-refractivity contribution in [3.63, 3.8) is 0 Å². The normalized spacial score (nSPS) is 10.9. The van der Waals surface area contributed by atoms with Crippen molar-refractivity contribution in [1.29, 1.82) is 0 Å². The van der Waals surface area contributed by atoms with Crippen molar-refractivity contribution in [2.45, 2.75) is 13.5 Å². The molecule has 0 atom stereocenters. The van der Waals surface area contributed by atoms with Crippen LogP contribution >= 0.6 is 0 Å². The molecule has 0 bridgehead atoms. The van der Waals surface area contributed by atoms with E-state index in [1.165, 1.54) is 13.2 Å². The van der Waals surface area contributed by atoms with Gasteiger partial charge in [-0.3, -0.25) is 4.79 Å².